The lowest BCUT2D eigenvalue weighted by molar-refractivity contribution is -0.129. The van der Waals surface area contributed by atoms with E-state index in [2.05, 4.69) is 15.6 Å². The number of carbonyl (C=O) groups is 3. The zero-order valence-corrected chi connectivity index (χ0v) is 32.0. The molecule has 0 aliphatic heterocycles. The molecule has 6 aromatic rings. The van der Waals surface area contributed by atoms with E-state index in [0.29, 0.717) is 18.4 Å². The number of nitrogens with one attached hydrogen (secondary N) is 3. The zero-order chi connectivity index (χ0) is 39.1. The van der Waals surface area contributed by atoms with Crippen molar-refractivity contribution in [2.45, 2.75) is 43.9 Å². The van der Waals surface area contributed by atoms with Crippen molar-refractivity contribution in [1.82, 2.24) is 15.6 Å². The number of primary amides is 1. The van der Waals surface area contributed by atoms with Gasteiger partial charge >= 0.3 is 5.63 Å². The summed E-state index contributed by atoms with van der Waals surface area (Å²) in [5.74, 6) is -4.84. The van der Waals surface area contributed by atoms with Crippen LogP contribution in [0.1, 0.15) is 39.9 Å². The van der Waals surface area contributed by atoms with Gasteiger partial charge in [-0.3, -0.25) is 18.9 Å². The van der Waals surface area contributed by atoms with Gasteiger partial charge in [0.15, 0.2) is 5.58 Å². The fourth-order valence-electron chi connectivity index (χ4n) is 6.65. The van der Waals surface area contributed by atoms with Gasteiger partial charge in [0.2, 0.25) is 19.2 Å². The minimum Gasteiger partial charge on any atom is -0.421 e. The molecule has 0 saturated carbocycles. The number of hydrogen-bond donors (Lipinski definition) is 5. The quantitative estimate of drug-likeness (QED) is 0.0515. The molecule has 4 aromatic carbocycles. The number of rotatable bonds is 16. The molecule has 55 heavy (non-hydrogen) atoms. The van der Waals surface area contributed by atoms with Gasteiger partial charge in [-0.15, -0.1) is 0 Å². The van der Waals surface area contributed by atoms with E-state index in [9.17, 15) is 28.6 Å². The van der Waals surface area contributed by atoms with Gasteiger partial charge in [-0.1, -0.05) is 102 Å². The average Bonchev–Trinajstić information content (AvgIpc) is 3.57. The van der Waals surface area contributed by atoms with E-state index in [-0.39, 0.29) is 40.3 Å². The van der Waals surface area contributed by atoms with Crippen LogP contribution in [0.3, 0.4) is 0 Å². The van der Waals surface area contributed by atoms with Gasteiger partial charge in [0.1, 0.15) is 17.4 Å². The van der Waals surface area contributed by atoms with Crippen LogP contribution in [0, 0.1) is 5.92 Å². The Morgan fingerprint density at radius 1 is 0.873 bits per heavy atom. The molecule has 11 nitrogen and oxygen atoms in total. The van der Waals surface area contributed by atoms with Crippen molar-refractivity contribution in [3.05, 3.63) is 152 Å². The van der Waals surface area contributed by atoms with Gasteiger partial charge < -0.3 is 30.7 Å². The third-order valence-electron chi connectivity index (χ3n) is 9.53. The molecule has 0 spiro atoms. The number of aromatic amines is 1. The van der Waals surface area contributed by atoms with Crippen molar-refractivity contribution < 1.29 is 28.3 Å². The van der Waals surface area contributed by atoms with E-state index in [1.807, 2.05) is 54.6 Å². The van der Waals surface area contributed by atoms with E-state index in [1.54, 1.807) is 36.5 Å². The van der Waals surface area contributed by atoms with Crippen LogP contribution in [0.5, 0.6) is 0 Å². The minimum atomic E-state index is -4.49. The van der Waals surface area contributed by atoms with E-state index >= 15 is 0 Å². The van der Waals surface area contributed by atoms with E-state index < -0.39 is 60.2 Å². The van der Waals surface area contributed by atoms with Crippen LogP contribution < -0.4 is 22.0 Å². The molecule has 0 aliphatic rings. The molecule has 0 bridgehead atoms. The summed E-state index contributed by atoms with van der Waals surface area (Å²) in [5.41, 5.74) is 7.66. The van der Waals surface area contributed by atoms with E-state index in [4.69, 9.17) is 33.4 Å². The summed E-state index contributed by atoms with van der Waals surface area (Å²) >= 11 is 12.4. The number of amides is 3. The topological polar surface area (TPSA) is 185 Å². The standard InChI is InChI=1S/C41H39Cl2N4O7P/c42-30-19-28-20-32(41(51)54-37(28)33(43)22-30)40(50)47-36(18-26-12-5-2-6-13-26)55(52,53)24-27(15-9-14-25-10-3-1-4-11-25)39(49)46-35(38(44)48)21-29-23-45-34-17-8-7-16-31(29)34/h1-8,10-13,16-17,19-20,22-23,27,35-36,45H,9,14-15,18,21,24H2,(H2,44,48)(H,46,49)(H,47,50)(H,52,53). The van der Waals surface area contributed by atoms with Crippen LogP contribution in [0.15, 0.2) is 119 Å². The lowest BCUT2D eigenvalue weighted by Crippen LogP contribution is -2.48. The Balaban J connectivity index is 1.28. The number of aryl methyl sites for hydroxylation is 1. The molecule has 2 aromatic heterocycles. The van der Waals surface area contributed by atoms with Gasteiger partial charge in [-0.2, -0.15) is 0 Å². The Morgan fingerprint density at radius 2 is 1.55 bits per heavy atom. The summed E-state index contributed by atoms with van der Waals surface area (Å²) < 4.78 is 19.9. The normalized spacial score (nSPS) is 14.2. The Hall–Kier alpha value is -5.19. The Kier molecular flexibility index (Phi) is 12.6. The number of hydrogen-bond acceptors (Lipinski definition) is 6. The number of carbonyl (C=O) groups excluding carboxylic acids is 3. The maximum atomic E-state index is 14.6. The number of para-hydroxylation sites is 1. The van der Waals surface area contributed by atoms with Gasteiger partial charge in [0.05, 0.1) is 5.02 Å². The Morgan fingerprint density at radius 3 is 2.25 bits per heavy atom. The predicted molar refractivity (Wildman–Crippen MR) is 215 cm³/mol. The molecular formula is C41H39Cl2N4O7P. The van der Waals surface area contributed by atoms with Gasteiger partial charge in [-0.05, 0) is 60.2 Å². The van der Waals surface area contributed by atoms with Crippen LogP contribution in [0.2, 0.25) is 10.0 Å². The maximum Gasteiger partial charge on any atom is 0.349 e. The first-order chi connectivity index (χ1) is 26.4. The SMILES string of the molecule is NC(=O)C(Cc1c[nH]c2ccccc12)NC(=O)C(CCCc1ccccc1)CP(=O)(O)C(Cc1ccccc1)NC(=O)c1cc2cc(Cl)cc(Cl)c2oc1=O. The summed E-state index contributed by atoms with van der Waals surface area (Å²) in [4.78, 5) is 68.6. The molecular weight excluding hydrogens is 762 g/mol. The summed E-state index contributed by atoms with van der Waals surface area (Å²) in [6.07, 6.45) is 2.46. The van der Waals surface area contributed by atoms with Crippen LogP contribution in [0.4, 0.5) is 0 Å². The highest BCUT2D eigenvalue weighted by Gasteiger charge is 2.38. The zero-order valence-electron chi connectivity index (χ0n) is 29.5. The number of fused-ring (bicyclic) bond motifs is 2. The second kappa shape index (κ2) is 17.5. The number of H-pyrrole nitrogens is 1. The van der Waals surface area contributed by atoms with Crippen molar-refractivity contribution in [2.75, 3.05) is 6.16 Å². The Bertz CT molecular complexity index is 2440. The molecule has 0 radical (unpaired) electrons. The minimum absolute atomic E-state index is 0.0320. The molecule has 2 heterocycles. The Labute approximate surface area is 326 Å². The largest absolute Gasteiger partial charge is 0.421 e. The average molecular weight is 802 g/mol. The van der Waals surface area contributed by atoms with Crippen LogP contribution in [0.25, 0.3) is 21.9 Å². The highest BCUT2D eigenvalue weighted by atomic mass is 35.5. The summed E-state index contributed by atoms with van der Waals surface area (Å²) in [6, 6.07) is 28.9. The first-order valence-electron chi connectivity index (χ1n) is 17.7. The highest BCUT2D eigenvalue weighted by Crippen LogP contribution is 2.49. The number of benzene rings is 4. The number of aromatic nitrogens is 1. The molecule has 3 amide bonds. The molecule has 14 heteroatoms. The van der Waals surface area contributed by atoms with E-state index in [1.165, 1.54) is 18.2 Å². The van der Waals surface area contributed by atoms with Crippen molar-refractivity contribution in [3.63, 3.8) is 0 Å². The third kappa shape index (κ3) is 9.92. The molecule has 4 atom stereocenters. The van der Waals surface area contributed by atoms with Gasteiger partial charge in [0, 0.05) is 52.4 Å². The van der Waals surface area contributed by atoms with E-state index in [0.717, 1.165) is 22.0 Å². The molecule has 6 N–H and O–H groups in total. The lowest BCUT2D eigenvalue weighted by atomic mass is 9.98. The molecule has 0 fully saturated rings. The second-order valence-corrected chi connectivity index (χ2v) is 16.8. The van der Waals surface area contributed by atoms with Crippen LogP contribution in [-0.4, -0.2) is 45.6 Å². The van der Waals surface area contributed by atoms with Crippen LogP contribution in [-0.2, 0) is 33.4 Å². The fraction of sp³-hybridized carbons (Fsp3) is 0.220. The molecule has 284 valence electrons. The molecule has 6 rings (SSSR count). The summed E-state index contributed by atoms with van der Waals surface area (Å²) in [6.45, 7) is 0. The van der Waals surface area contributed by atoms with Gasteiger partial charge in [-0.25, -0.2) is 4.79 Å². The molecule has 4 unspecified atom stereocenters. The first-order valence-corrected chi connectivity index (χ1v) is 20.3. The highest BCUT2D eigenvalue weighted by molar-refractivity contribution is 7.58. The molecule has 0 saturated heterocycles. The van der Waals surface area contributed by atoms with Crippen molar-refractivity contribution >= 4 is 70.2 Å². The monoisotopic (exact) mass is 800 g/mol. The second-order valence-electron chi connectivity index (χ2n) is 13.5. The van der Waals surface area contributed by atoms with Gasteiger partial charge in [0.25, 0.3) is 5.91 Å². The van der Waals surface area contributed by atoms with Crippen molar-refractivity contribution in [3.8, 4) is 0 Å². The smallest absolute Gasteiger partial charge is 0.349 e. The first kappa shape index (κ1) is 39.5. The lowest BCUT2D eigenvalue weighted by Gasteiger charge is -2.28. The third-order valence-corrected chi connectivity index (χ3v) is 12.3. The van der Waals surface area contributed by atoms with Crippen LogP contribution >= 0.6 is 30.6 Å². The summed E-state index contributed by atoms with van der Waals surface area (Å²) in [7, 11) is -4.49. The number of nitrogens with two attached hydrogens (primary N) is 1. The maximum absolute atomic E-state index is 14.6. The van der Waals surface area contributed by atoms with Crippen molar-refractivity contribution in [1.29, 1.82) is 0 Å². The number of halogens is 2. The molecule has 0 aliphatic carbocycles. The fourth-order valence-corrected chi connectivity index (χ4v) is 9.25. The van der Waals surface area contributed by atoms with Crippen molar-refractivity contribution in [2.24, 2.45) is 11.7 Å². The summed E-state index contributed by atoms with van der Waals surface area (Å²) in [5, 5.41) is 6.83. The predicted octanol–water partition coefficient (Wildman–Crippen LogP) is 7.00.